The van der Waals surface area contributed by atoms with Crippen molar-refractivity contribution in [1.29, 1.82) is 0 Å². The van der Waals surface area contributed by atoms with Crippen LogP contribution in [0.2, 0.25) is 0 Å². The molecule has 1 saturated heterocycles. The van der Waals surface area contributed by atoms with Crippen LogP contribution in [0.4, 0.5) is 0 Å². The minimum atomic E-state index is 0.111. The Balaban J connectivity index is 1.70. The van der Waals surface area contributed by atoms with Crippen molar-refractivity contribution in [2.24, 2.45) is 11.8 Å². The third-order valence-corrected chi connectivity index (χ3v) is 4.90. The van der Waals surface area contributed by atoms with Gasteiger partial charge in [-0.15, -0.1) is 0 Å². The Morgan fingerprint density at radius 1 is 1.50 bits per heavy atom. The molecule has 18 heavy (non-hydrogen) atoms. The quantitative estimate of drug-likeness (QED) is 0.910. The molecule has 1 aromatic heterocycles. The van der Waals surface area contributed by atoms with Gasteiger partial charge in [-0.05, 0) is 47.1 Å². The summed E-state index contributed by atoms with van der Waals surface area (Å²) in [7, 11) is 0. The zero-order chi connectivity index (χ0) is 12.5. The molecule has 1 amide bonds. The lowest BCUT2D eigenvalue weighted by molar-refractivity contribution is -0.128. The van der Waals surface area contributed by atoms with E-state index in [0.717, 1.165) is 12.5 Å². The molecular weight excluding hydrogens is 244 g/mol. The molecule has 2 fully saturated rings. The number of thiophene rings is 1. The molecule has 0 spiro atoms. The van der Waals surface area contributed by atoms with Gasteiger partial charge in [0.15, 0.2) is 0 Å². The van der Waals surface area contributed by atoms with Crippen LogP contribution in [0.15, 0.2) is 16.8 Å². The molecule has 0 bridgehead atoms. The van der Waals surface area contributed by atoms with Gasteiger partial charge in [-0.25, -0.2) is 0 Å². The third kappa shape index (κ3) is 2.31. The zero-order valence-electron chi connectivity index (χ0n) is 10.8. The van der Waals surface area contributed by atoms with Crippen LogP contribution in [0.25, 0.3) is 0 Å². The van der Waals surface area contributed by atoms with Crippen LogP contribution in [0, 0.1) is 11.8 Å². The number of rotatable bonds is 3. The van der Waals surface area contributed by atoms with Gasteiger partial charge < -0.3 is 4.90 Å². The third-order valence-electron chi connectivity index (χ3n) is 4.20. The second-order valence-corrected chi connectivity index (χ2v) is 6.45. The van der Waals surface area contributed by atoms with Crippen molar-refractivity contribution in [2.45, 2.75) is 32.4 Å². The first-order valence-electron chi connectivity index (χ1n) is 6.79. The lowest BCUT2D eigenvalue weighted by atomic mass is 10.1. The monoisotopic (exact) mass is 264 g/mol. The molecule has 3 atom stereocenters. The molecule has 1 aliphatic heterocycles. The first-order valence-corrected chi connectivity index (χ1v) is 7.73. The van der Waals surface area contributed by atoms with E-state index in [1.165, 1.54) is 24.8 Å². The van der Waals surface area contributed by atoms with E-state index in [1.54, 1.807) is 11.3 Å². The highest BCUT2D eigenvalue weighted by Gasteiger charge is 2.34. The summed E-state index contributed by atoms with van der Waals surface area (Å²) in [6.45, 7) is 3.74. The normalized spacial score (nSPS) is 32.4. The van der Waals surface area contributed by atoms with E-state index in [-0.39, 0.29) is 12.1 Å². The first-order chi connectivity index (χ1) is 8.74. The maximum atomic E-state index is 12.0. The Morgan fingerprint density at radius 3 is 3.06 bits per heavy atom. The van der Waals surface area contributed by atoms with Gasteiger partial charge in [0, 0.05) is 6.54 Å². The largest absolute Gasteiger partial charge is 0.322 e. The summed E-state index contributed by atoms with van der Waals surface area (Å²) in [5.74, 6) is 1.79. The molecule has 1 N–H and O–H groups in total. The number of amides is 1. The van der Waals surface area contributed by atoms with Crippen molar-refractivity contribution in [2.75, 3.05) is 13.1 Å². The Labute approximate surface area is 112 Å². The second-order valence-electron chi connectivity index (χ2n) is 5.67. The molecule has 2 aliphatic rings. The summed E-state index contributed by atoms with van der Waals surface area (Å²) >= 11 is 1.69. The number of nitrogens with one attached hydrogen (secondary N) is 1. The molecule has 3 nitrogen and oxygen atoms in total. The number of carbonyl (C=O) groups is 1. The summed E-state index contributed by atoms with van der Waals surface area (Å²) < 4.78 is 0. The number of nitrogens with zero attached hydrogens (tertiary/aromatic N) is 1. The molecule has 4 heteroatoms. The molecule has 1 aliphatic carbocycles. The van der Waals surface area contributed by atoms with E-state index < -0.39 is 0 Å². The van der Waals surface area contributed by atoms with Crippen molar-refractivity contribution >= 4 is 17.2 Å². The summed E-state index contributed by atoms with van der Waals surface area (Å²) in [4.78, 5) is 14.1. The minimum Gasteiger partial charge on any atom is -0.322 e. The molecule has 3 unspecified atom stereocenters. The van der Waals surface area contributed by atoms with Crippen LogP contribution in [-0.4, -0.2) is 23.9 Å². The number of hydrogen-bond acceptors (Lipinski definition) is 3. The fraction of sp³-hybridized carbons (Fsp3) is 0.643. The summed E-state index contributed by atoms with van der Waals surface area (Å²) in [5.41, 5.74) is 1.23. The van der Waals surface area contributed by atoms with Gasteiger partial charge in [-0.1, -0.05) is 13.3 Å². The van der Waals surface area contributed by atoms with Crippen molar-refractivity contribution in [3.8, 4) is 0 Å². The second kappa shape index (κ2) is 5.02. The van der Waals surface area contributed by atoms with Crippen LogP contribution in [0.5, 0.6) is 0 Å². The van der Waals surface area contributed by atoms with Crippen LogP contribution in [0.1, 0.15) is 37.9 Å². The predicted octanol–water partition coefficient (Wildman–Crippen LogP) is 2.61. The van der Waals surface area contributed by atoms with Crippen molar-refractivity contribution in [1.82, 2.24) is 10.2 Å². The fourth-order valence-corrected chi connectivity index (χ4v) is 3.92. The van der Waals surface area contributed by atoms with Crippen molar-refractivity contribution in [3.63, 3.8) is 0 Å². The number of hydrogen-bond donors (Lipinski definition) is 1. The Hall–Kier alpha value is -0.870. The molecular formula is C14H20N2OS. The molecule has 1 saturated carbocycles. The maximum absolute atomic E-state index is 12.0. The average Bonchev–Trinajstić information content (AvgIpc) is 3.03. The highest BCUT2D eigenvalue weighted by atomic mass is 32.1. The standard InChI is InChI=1S/C14H20N2OS/c1-10-2-3-11(6-10)8-16-13(17)7-15-14(16)12-4-5-18-9-12/h4-5,9-11,14-15H,2-3,6-8H2,1H3. The Morgan fingerprint density at radius 2 is 2.39 bits per heavy atom. The van der Waals surface area contributed by atoms with E-state index in [1.807, 2.05) is 4.90 Å². The van der Waals surface area contributed by atoms with Crippen LogP contribution in [0.3, 0.4) is 0 Å². The van der Waals surface area contributed by atoms with Gasteiger partial charge in [0.25, 0.3) is 0 Å². The van der Waals surface area contributed by atoms with E-state index in [4.69, 9.17) is 0 Å². The van der Waals surface area contributed by atoms with E-state index in [0.29, 0.717) is 12.5 Å². The molecule has 2 heterocycles. The summed E-state index contributed by atoms with van der Waals surface area (Å²) in [6.07, 6.45) is 3.99. The summed E-state index contributed by atoms with van der Waals surface area (Å²) in [5, 5.41) is 7.55. The lowest BCUT2D eigenvalue weighted by Crippen LogP contribution is -2.34. The highest BCUT2D eigenvalue weighted by Crippen LogP contribution is 2.33. The smallest absolute Gasteiger partial charge is 0.238 e. The molecule has 1 aromatic rings. The van der Waals surface area contributed by atoms with Crippen molar-refractivity contribution in [3.05, 3.63) is 22.4 Å². The molecule has 0 aromatic carbocycles. The van der Waals surface area contributed by atoms with Crippen LogP contribution < -0.4 is 5.32 Å². The van der Waals surface area contributed by atoms with Gasteiger partial charge in [-0.3, -0.25) is 10.1 Å². The van der Waals surface area contributed by atoms with Crippen LogP contribution >= 0.6 is 11.3 Å². The lowest BCUT2D eigenvalue weighted by Gasteiger charge is -2.26. The summed E-state index contributed by atoms with van der Waals surface area (Å²) in [6, 6.07) is 2.12. The maximum Gasteiger partial charge on any atom is 0.238 e. The Kier molecular flexibility index (Phi) is 3.39. The molecule has 98 valence electrons. The Bertz CT molecular complexity index is 417. The van der Waals surface area contributed by atoms with Gasteiger partial charge in [0.2, 0.25) is 5.91 Å². The molecule has 3 rings (SSSR count). The molecule has 0 radical (unpaired) electrons. The van der Waals surface area contributed by atoms with Gasteiger partial charge >= 0.3 is 0 Å². The number of carbonyl (C=O) groups excluding carboxylic acids is 1. The van der Waals surface area contributed by atoms with Gasteiger partial charge in [0.05, 0.1) is 6.54 Å². The first kappa shape index (κ1) is 12.2. The van der Waals surface area contributed by atoms with Crippen molar-refractivity contribution < 1.29 is 4.79 Å². The average molecular weight is 264 g/mol. The minimum absolute atomic E-state index is 0.111. The fourth-order valence-electron chi connectivity index (χ4n) is 3.24. The zero-order valence-corrected chi connectivity index (χ0v) is 11.6. The van der Waals surface area contributed by atoms with E-state index >= 15 is 0 Å². The highest BCUT2D eigenvalue weighted by molar-refractivity contribution is 7.07. The van der Waals surface area contributed by atoms with E-state index in [2.05, 4.69) is 29.1 Å². The van der Waals surface area contributed by atoms with Gasteiger partial charge in [-0.2, -0.15) is 11.3 Å². The SMILES string of the molecule is CC1CCC(CN2C(=O)CNC2c2ccsc2)C1. The predicted molar refractivity (Wildman–Crippen MR) is 73.3 cm³/mol. The van der Waals surface area contributed by atoms with Crippen LogP contribution in [-0.2, 0) is 4.79 Å². The topological polar surface area (TPSA) is 32.3 Å². The van der Waals surface area contributed by atoms with E-state index in [9.17, 15) is 4.79 Å². The van der Waals surface area contributed by atoms with Gasteiger partial charge in [0.1, 0.15) is 6.17 Å².